The van der Waals surface area contributed by atoms with Crippen molar-refractivity contribution < 1.29 is 33.3 Å². The van der Waals surface area contributed by atoms with Crippen molar-refractivity contribution in [3.63, 3.8) is 0 Å². The molecule has 0 aliphatic rings. The summed E-state index contributed by atoms with van der Waals surface area (Å²) in [6.45, 7) is 3.22. The van der Waals surface area contributed by atoms with Crippen LogP contribution in [0.5, 0.6) is 0 Å². The van der Waals surface area contributed by atoms with E-state index in [2.05, 4.69) is 11.9 Å². The van der Waals surface area contributed by atoms with E-state index in [0.717, 1.165) is 23.9 Å². The van der Waals surface area contributed by atoms with Crippen LogP contribution in [0.1, 0.15) is 115 Å². The quantitative estimate of drug-likeness (QED) is 0.0338. The van der Waals surface area contributed by atoms with Crippen LogP contribution in [0.25, 0.3) is 11.0 Å². The van der Waals surface area contributed by atoms with Crippen molar-refractivity contribution in [3.05, 3.63) is 60.4 Å². The van der Waals surface area contributed by atoms with E-state index < -0.39 is 26.2 Å². The SMILES string of the molecule is CCCCCCCCCCCCCCCCCCOC[C@@H](COP(=O)(O)CO[C@H](CO)Cn1cnc2c(N)cccc21)OCc1ccccc1. The van der Waals surface area contributed by atoms with Gasteiger partial charge < -0.3 is 39.0 Å². The number of hydrogen-bond acceptors (Lipinski definition) is 8. The molecule has 1 heterocycles. The second kappa shape index (κ2) is 25.6. The number of fused-ring (bicyclic) bond motifs is 1. The zero-order valence-corrected chi connectivity index (χ0v) is 31.4. The number of aliphatic hydroxyl groups excluding tert-OH is 1. The Labute approximate surface area is 300 Å². The number of aromatic nitrogens is 2. The number of nitrogens with two attached hydrogens (primary N) is 1. The average molecular weight is 718 g/mol. The van der Waals surface area contributed by atoms with E-state index in [1.807, 2.05) is 42.5 Å². The first-order chi connectivity index (χ1) is 24.4. The molecule has 0 aliphatic carbocycles. The van der Waals surface area contributed by atoms with Gasteiger partial charge in [-0.2, -0.15) is 0 Å². The number of benzene rings is 2. The van der Waals surface area contributed by atoms with Crippen LogP contribution >= 0.6 is 7.60 Å². The molecule has 11 heteroatoms. The molecule has 0 radical (unpaired) electrons. The van der Waals surface area contributed by atoms with Gasteiger partial charge in [0.15, 0.2) is 0 Å². The Morgan fingerprint density at radius 2 is 1.40 bits per heavy atom. The summed E-state index contributed by atoms with van der Waals surface area (Å²) in [5.74, 6) is 0. The largest absolute Gasteiger partial charge is 0.397 e. The number of anilines is 1. The van der Waals surface area contributed by atoms with Crippen LogP contribution in [-0.4, -0.2) is 64.5 Å². The second-order valence-electron chi connectivity index (χ2n) is 13.4. The molecule has 0 saturated heterocycles. The molecule has 50 heavy (non-hydrogen) atoms. The fourth-order valence-corrected chi connectivity index (χ4v) is 6.85. The van der Waals surface area contributed by atoms with Gasteiger partial charge in [0, 0.05) is 6.61 Å². The molecule has 0 saturated carbocycles. The molecule has 0 spiro atoms. The van der Waals surface area contributed by atoms with Crippen molar-refractivity contribution in [1.29, 1.82) is 0 Å². The molecule has 10 nitrogen and oxygen atoms in total. The summed E-state index contributed by atoms with van der Waals surface area (Å²) in [5.41, 5.74) is 8.98. The minimum absolute atomic E-state index is 0.127. The molecule has 3 atom stereocenters. The summed E-state index contributed by atoms with van der Waals surface area (Å²) >= 11 is 0. The van der Waals surface area contributed by atoms with Crippen molar-refractivity contribution >= 4 is 24.3 Å². The van der Waals surface area contributed by atoms with Gasteiger partial charge in [-0.25, -0.2) is 4.98 Å². The number of ether oxygens (including phenoxy) is 3. The predicted octanol–water partition coefficient (Wildman–Crippen LogP) is 9.02. The average Bonchev–Trinajstić information content (AvgIpc) is 3.54. The van der Waals surface area contributed by atoms with Gasteiger partial charge in [0.1, 0.15) is 18.0 Å². The molecular formula is C39H64N3O7P. The molecule has 1 unspecified atom stereocenters. The summed E-state index contributed by atoms with van der Waals surface area (Å²) < 4.78 is 37.7. The van der Waals surface area contributed by atoms with E-state index in [1.165, 1.54) is 89.9 Å². The maximum atomic E-state index is 12.9. The fraction of sp³-hybridized carbons (Fsp3) is 0.667. The molecule has 0 amide bonds. The van der Waals surface area contributed by atoms with Crippen molar-refractivity contribution in [2.45, 2.75) is 135 Å². The van der Waals surface area contributed by atoms with E-state index in [4.69, 9.17) is 24.5 Å². The van der Waals surface area contributed by atoms with Crippen molar-refractivity contribution in [2.75, 3.05) is 38.5 Å². The monoisotopic (exact) mass is 717 g/mol. The van der Waals surface area contributed by atoms with Crippen LogP contribution in [0, 0.1) is 0 Å². The Morgan fingerprint density at radius 3 is 2.02 bits per heavy atom. The lowest BCUT2D eigenvalue weighted by Gasteiger charge is -2.22. The Hall–Kier alpha value is -2.30. The van der Waals surface area contributed by atoms with Gasteiger partial charge in [0.2, 0.25) is 0 Å². The third kappa shape index (κ3) is 17.8. The molecule has 4 N–H and O–H groups in total. The van der Waals surface area contributed by atoms with Crippen LogP contribution < -0.4 is 5.73 Å². The molecule has 282 valence electrons. The highest BCUT2D eigenvalue weighted by molar-refractivity contribution is 7.52. The fourth-order valence-electron chi connectivity index (χ4n) is 5.97. The van der Waals surface area contributed by atoms with E-state index in [0.29, 0.717) is 24.4 Å². The highest BCUT2D eigenvalue weighted by Crippen LogP contribution is 2.42. The summed E-state index contributed by atoms with van der Waals surface area (Å²) in [7, 11) is -4.15. The first kappa shape index (κ1) is 42.1. The molecule has 1 aromatic heterocycles. The van der Waals surface area contributed by atoms with Crippen LogP contribution in [0.4, 0.5) is 5.69 Å². The van der Waals surface area contributed by atoms with Crippen LogP contribution in [-0.2, 0) is 36.5 Å². The number of unbranched alkanes of at least 4 members (excludes halogenated alkanes) is 15. The highest BCUT2D eigenvalue weighted by Gasteiger charge is 2.25. The lowest BCUT2D eigenvalue weighted by atomic mass is 10.0. The van der Waals surface area contributed by atoms with Gasteiger partial charge in [-0.15, -0.1) is 0 Å². The van der Waals surface area contributed by atoms with Crippen LogP contribution in [0.2, 0.25) is 0 Å². The van der Waals surface area contributed by atoms with Crippen molar-refractivity contribution in [1.82, 2.24) is 9.55 Å². The number of hydrogen-bond donors (Lipinski definition) is 3. The maximum Gasteiger partial charge on any atom is 0.353 e. The minimum atomic E-state index is -4.15. The third-order valence-corrected chi connectivity index (χ3v) is 10.0. The normalized spacial score (nSPS) is 14.2. The number of rotatable bonds is 31. The van der Waals surface area contributed by atoms with Crippen LogP contribution in [0.15, 0.2) is 54.9 Å². The molecular weight excluding hydrogens is 653 g/mol. The van der Waals surface area contributed by atoms with Gasteiger partial charge >= 0.3 is 7.60 Å². The van der Waals surface area contributed by atoms with Gasteiger partial charge in [-0.05, 0) is 24.1 Å². The first-order valence-electron chi connectivity index (χ1n) is 19.0. The zero-order valence-electron chi connectivity index (χ0n) is 30.5. The third-order valence-electron chi connectivity index (χ3n) is 9.00. The maximum absolute atomic E-state index is 12.9. The second-order valence-corrected chi connectivity index (χ2v) is 15.2. The Kier molecular flexibility index (Phi) is 21.6. The summed E-state index contributed by atoms with van der Waals surface area (Å²) in [6, 6.07) is 15.2. The highest BCUT2D eigenvalue weighted by atomic mass is 31.2. The smallest absolute Gasteiger partial charge is 0.353 e. The predicted molar refractivity (Wildman–Crippen MR) is 202 cm³/mol. The van der Waals surface area contributed by atoms with E-state index in [1.54, 1.807) is 17.0 Å². The number of aliphatic hydroxyl groups is 1. The molecule has 0 bridgehead atoms. The van der Waals surface area contributed by atoms with Crippen molar-refractivity contribution in [2.24, 2.45) is 0 Å². The number of nitrogen functional groups attached to an aromatic ring is 1. The molecule has 0 aliphatic heterocycles. The first-order valence-corrected chi connectivity index (χ1v) is 20.8. The molecule has 3 aromatic rings. The van der Waals surface area contributed by atoms with E-state index >= 15 is 0 Å². The lowest BCUT2D eigenvalue weighted by molar-refractivity contribution is -0.0489. The van der Waals surface area contributed by atoms with E-state index in [9.17, 15) is 14.6 Å². The Bertz CT molecular complexity index is 1330. The van der Waals surface area contributed by atoms with Gasteiger partial charge in [0.05, 0.1) is 56.6 Å². The Balaban J connectivity index is 1.29. The topological polar surface area (TPSA) is 138 Å². The molecule has 3 rings (SSSR count). The number of imidazole rings is 1. The summed E-state index contributed by atoms with van der Waals surface area (Å²) in [5, 5.41) is 9.89. The Morgan fingerprint density at radius 1 is 0.780 bits per heavy atom. The number of para-hydroxylation sites is 1. The van der Waals surface area contributed by atoms with E-state index in [-0.39, 0.29) is 26.4 Å². The van der Waals surface area contributed by atoms with Gasteiger partial charge in [-0.1, -0.05) is 140 Å². The van der Waals surface area contributed by atoms with Gasteiger partial charge in [-0.3, -0.25) is 4.57 Å². The lowest BCUT2D eigenvalue weighted by Crippen LogP contribution is -2.27. The zero-order chi connectivity index (χ0) is 35.7. The molecule has 2 aromatic carbocycles. The minimum Gasteiger partial charge on any atom is -0.397 e. The summed E-state index contributed by atoms with van der Waals surface area (Å²) in [4.78, 5) is 14.9. The summed E-state index contributed by atoms with van der Waals surface area (Å²) in [6.07, 6.45) is 20.9. The van der Waals surface area contributed by atoms with Crippen LogP contribution in [0.3, 0.4) is 0 Å². The standard InChI is InChI=1S/C39H64N3O7P/c1-2-3-4-5-6-7-8-9-10-11-12-13-14-15-16-20-26-46-30-36(47-29-34-22-18-17-19-23-34)31-49-50(44,45)33-48-35(28-43)27-42-32-41-39-37(40)24-21-25-38(39)42/h17-19,21-25,32,35-36,43H,2-16,20,26-31,33,40H2,1H3,(H,44,45)/t35-,36-/m0/s1. The molecule has 0 fully saturated rings. The number of nitrogens with zero attached hydrogens (tertiary/aromatic N) is 2. The van der Waals surface area contributed by atoms with Gasteiger partial charge in [0.25, 0.3) is 0 Å². The van der Waals surface area contributed by atoms with Crippen molar-refractivity contribution in [3.8, 4) is 0 Å².